The van der Waals surface area contributed by atoms with Crippen molar-refractivity contribution in [2.45, 2.75) is 26.7 Å². The van der Waals surface area contributed by atoms with Crippen LogP contribution in [0, 0.1) is 19.8 Å². The molecular weight excluding hydrogens is 351 g/mol. The SMILES string of the molecule is Cc1ccc(C(=O)N2CCCC(C(=O)NCCN)C2)c(C)n1.Cl.Cl. The molecule has 0 saturated carbocycles. The third-order valence-electron chi connectivity index (χ3n) is 3.98. The van der Waals surface area contributed by atoms with Crippen molar-refractivity contribution in [2.75, 3.05) is 26.2 Å². The highest BCUT2D eigenvalue weighted by atomic mass is 35.5. The number of pyridine rings is 1. The van der Waals surface area contributed by atoms with Crippen LogP contribution in [0.25, 0.3) is 0 Å². The Hall–Kier alpha value is -1.37. The molecule has 1 aliphatic heterocycles. The molecule has 1 unspecified atom stereocenters. The van der Waals surface area contributed by atoms with Crippen LogP contribution >= 0.6 is 24.8 Å². The third kappa shape index (κ3) is 5.61. The molecule has 1 fully saturated rings. The Morgan fingerprint density at radius 2 is 2.04 bits per heavy atom. The molecule has 1 saturated heterocycles. The van der Waals surface area contributed by atoms with E-state index in [4.69, 9.17) is 5.73 Å². The molecule has 1 aromatic heterocycles. The van der Waals surface area contributed by atoms with Gasteiger partial charge in [-0.05, 0) is 38.8 Å². The Balaban J connectivity index is 0.00000264. The molecule has 24 heavy (non-hydrogen) atoms. The molecule has 6 nitrogen and oxygen atoms in total. The van der Waals surface area contributed by atoms with Crippen LogP contribution in [-0.4, -0.2) is 47.9 Å². The minimum absolute atomic E-state index is 0. The van der Waals surface area contributed by atoms with Crippen molar-refractivity contribution in [2.24, 2.45) is 11.7 Å². The maximum absolute atomic E-state index is 12.6. The van der Waals surface area contributed by atoms with Crippen LogP contribution in [0.15, 0.2) is 12.1 Å². The highest BCUT2D eigenvalue weighted by Gasteiger charge is 2.29. The molecule has 0 bridgehead atoms. The van der Waals surface area contributed by atoms with Gasteiger partial charge in [0.25, 0.3) is 5.91 Å². The van der Waals surface area contributed by atoms with Crippen LogP contribution in [0.5, 0.6) is 0 Å². The van der Waals surface area contributed by atoms with E-state index in [0.29, 0.717) is 31.7 Å². The minimum atomic E-state index is -0.150. The number of carbonyl (C=O) groups is 2. The lowest BCUT2D eigenvalue weighted by Gasteiger charge is -2.32. The van der Waals surface area contributed by atoms with Crippen molar-refractivity contribution < 1.29 is 9.59 Å². The number of aryl methyl sites for hydroxylation is 2. The first-order valence-electron chi connectivity index (χ1n) is 7.74. The van der Waals surface area contributed by atoms with Crippen LogP contribution in [-0.2, 0) is 4.79 Å². The van der Waals surface area contributed by atoms with E-state index in [2.05, 4.69) is 10.3 Å². The molecule has 8 heteroatoms. The average Bonchev–Trinajstić information content (AvgIpc) is 2.52. The molecule has 3 N–H and O–H groups in total. The van der Waals surface area contributed by atoms with E-state index >= 15 is 0 Å². The van der Waals surface area contributed by atoms with Gasteiger partial charge in [-0.1, -0.05) is 0 Å². The molecule has 2 amide bonds. The second-order valence-electron chi connectivity index (χ2n) is 5.76. The van der Waals surface area contributed by atoms with Crippen molar-refractivity contribution in [3.8, 4) is 0 Å². The first kappa shape index (κ1) is 22.6. The maximum atomic E-state index is 12.6. The summed E-state index contributed by atoms with van der Waals surface area (Å²) in [4.78, 5) is 30.8. The summed E-state index contributed by atoms with van der Waals surface area (Å²) in [5.41, 5.74) is 7.65. The molecule has 1 atom stereocenters. The fourth-order valence-corrected chi connectivity index (χ4v) is 2.80. The zero-order valence-electron chi connectivity index (χ0n) is 14.1. The van der Waals surface area contributed by atoms with E-state index in [1.165, 1.54) is 0 Å². The standard InChI is InChI=1S/C16H24N4O2.2ClH/c1-11-5-6-14(12(2)19-11)16(22)20-9-3-4-13(10-20)15(21)18-8-7-17;;/h5-6,13H,3-4,7-10,17H2,1-2H3,(H,18,21);2*1H. The highest BCUT2D eigenvalue weighted by Crippen LogP contribution is 2.20. The average molecular weight is 377 g/mol. The number of nitrogens with zero attached hydrogens (tertiary/aromatic N) is 2. The van der Waals surface area contributed by atoms with Crippen LogP contribution < -0.4 is 11.1 Å². The summed E-state index contributed by atoms with van der Waals surface area (Å²) < 4.78 is 0. The van der Waals surface area contributed by atoms with Gasteiger partial charge < -0.3 is 16.0 Å². The zero-order valence-corrected chi connectivity index (χ0v) is 15.7. The number of hydrogen-bond donors (Lipinski definition) is 2. The number of hydrogen-bond acceptors (Lipinski definition) is 4. The Bertz CT molecular complexity index is 569. The van der Waals surface area contributed by atoms with Gasteiger partial charge in [-0.25, -0.2) is 0 Å². The lowest BCUT2D eigenvalue weighted by Crippen LogP contribution is -2.46. The quantitative estimate of drug-likeness (QED) is 0.832. The summed E-state index contributed by atoms with van der Waals surface area (Å²) in [6.45, 7) is 5.80. The van der Waals surface area contributed by atoms with E-state index in [1.54, 1.807) is 4.90 Å². The van der Waals surface area contributed by atoms with Crippen LogP contribution in [0.3, 0.4) is 0 Å². The summed E-state index contributed by atoms with van der Waals surface area (Å²) in [6, 6.07) is 3.66. The van der Waals surface area contributed by atoms with Gasteiger partial charge in [0.15, 0.2) is 0 Å². The summed E-state index contributed by atoms with van der Waals surface area (Å²) >= 11 is 0. The molecule has 1 aromatic rings. The van der Waals surface area contributed by atoms with Gasteiger partial charge >= 0.3 is 0 Å². The number of nitrogens with one attached hydrogen (secondary N) is 1. The second-order valence-corrected chi connectivity index (χ2v) is 5.76. The molecule has 0 aromatic carbocycles. The van der Waals surface area contributed by atoms with E-state index < -0.39 is 0 Å². The zero-order chi connectivity index (χ0) is 16.1. The van der Waals surface area contributed by atoms with Crippen molar-refractivity contribution in [1.29, 1.82) is 0 Å². The predicted octanol–water partition coefficient (Wildman–Crippen LogP) is 1.47. The number of nitrogens with two attached hydrogens (primary N) is 1. The van der Waals surface area contributed by atoms with E-state index in [9.17, 15) is 9.59 Å². The smallest absolute Gasteiger partial charge is 0.255 e. The highest BCUT2D eigenvalue weighted by molar-refractivity contribution is 5.95. The number of aromatic nitrogens is 1. The van der Waals surface area contributed by atoms with Gasteiger partial charge in [0.2, 0.25) is 5.91 Å². The Labute approximate surface area is 155 Å². The first-order chi connectivity index (χ1) is 10.5. The van der Waals surface area contributed by atoms with E-state index in [0.717, 1.165) is 24.2 Å². The van der Waals surface area contributed by atoms with Gasteiger partial charge in [-0.3, -0.25) is 14.6 Å². The normalized spacial score (nSPS) is 16.6. The molecule has 1 aliphatic rings. The maximum Gasteiger partial charge on any atom is 0.255 e. The van der Waals surface area contributed by atoms with Crippen LogP contribution in [0.4, 0.5) is 0 Å². The van der Waals surface area contributed by atoms with Gasteiger partial charge in [-0.2, -0.15) is 0 Å². The topological polar surface area (TPSA) is 88.3 Å². The fraction of sp³-hybridized carbons (Fsp3) is 0.562. The van der Waals surface area contributed by atoms with E-state index in [-0.39, 0.29) is 42.5 Å². The number of carbonyl (C=O) groups excluding carboxylic acids is 2. The minimum Gasteiger partial charge on any atom is -0.355 e. The number of piperidine rings is 1. The van der Waals surface area contributed by atoms with Crippen molar-refractivity contribution in [3.63, 3.8) is 0 Å². The molecule has 0 radical (unpaired) electrons. The van der Waals surface area contributed by atoms with Gasteiger partial charge in [0.1, 0.15) is 0 Å². The number of likely N-dealkylation sites (tertiary alicyclic amines) is 1. The molecule has 136 valence electrons. The first-order valence-corrected chi connectivity index (χ1v) is 7.74. The second kappa shape index (κ2) is 10.5. The molecule has 2 rings (SSSR count). The van der Waals surface area contributed by atoms with Crippen molar-refractivity contribution in [1.82, 2.24) is 15.2 Å². The Morgan fingerprint density at radius 3 is 2.67 bits per heavy atom. The van der Waals surface area contributed by atoms with E-state index in [1.807, 2.05) is 26.0 Å². The van der Waals surface area contributed by atoms with Crippen LogP contribution in [0.2, 0.25) is 0 Å². The van der Waals surface area contributed by atoms with Crippen molar-refractivity contribution >= 4 is 36.6 Å². The van der Waals surface area contributed by atoms with Crippen LogP contribution in [0.1, 0.15) is 34.6 Å². The Morgan fingerprint density at radius 1 is 1.33 bits per heavy atom. The monoisotopic (exact) mass is 376 g/mol. The lowest BCUT2D eigenvalue weighted by atomic mass is 9.96. The third-order valence-corrected chi connectivity index (χ3v) is 3.98. The number of amides is 2. The summed E-state index contributed by atoms with van der Waals surface area (Å²) in [5, 5.41) is 2.81. The molecule has 0 spiro atoms. The fourth-order valence-electron chi connectivity index (χ4n) is 2.80. The lowest BCUT2D eigenvalue weighted by molar-refractivity contribution is -0.126. The number of rotatable bonds is 4. The summed E-state index contributed by atoms with van der Waals surface area (Å²) in [6.07, 6.45) is 1.65. The van der Waals surface area contributed by atoms with Crippen molar-refractivity contribution in [3.05, 3.63) is 29.1 Å². The molecule has 0 aliphatic carbocycles. The Kier molecular flexibility index (Phi) is 9.89. The van der Waals surface area contributed by atoms with Gasteiger partial charge in [-0.15, -0.1) is 24.8 Å². The number of halogens is 2. The largest absolute Gasteiger partial charge is 0.355 e. The van der Waals surface area contributed by atoms with Gasteiger partial charge in [0, 0.05) is 31.9 Å². The predicted molar refractivity (Wildman–Crippen MR) is 98.9 cm³/mol. The molecular formula is C16H26Cl2N4O2. The summed E-state index contributed by atoms with van der Waals surface area (Å²) in [7, 11) is 0. The van der Waals surface area contributed by atoms with Gasteiger partial charge in [0.05, 0.1) is 17.2 Å². The summed E-state index contributed by atoms with van der Waals surface area (Å²) in [5.74, 6) is -0.203. The molecule has 2 heterocycles.